The zero-order valence-electron chi connectivity index (χ0n) is 50.0. The summed E-state index contributed by atoms with van der Waals surface area (Å²) in [6, 6.07) is 19.7. The summed E-state index contributed by atoms with van der Waals surface area (Å²) in [7, 11) is 3.02. The summed E-state index contributed by atoms with van der Waals surface area (Å²) in [6.07, 6.45) is 3.43. The number of alkyl halides is 1. The highest BCUT2D eigenvalue weighted by atomic mass is 35.5. The van der Waals surface area contributed by atoms with Gasteiger partial charge in [0.05, 0.1) is 31.1 Å². The van der Waals surface area contributed by atoms with Crippen molar-refractivity contribution in [3.8, 4) is 11.5 Å². The van der Waals surface area contributed by atoms with Crippen molar-refractivity contribution >= 4 is 105 Å². The molecule has 474 valence electrons. The topological polar surface area (TPSA) is 344 Å². The van der Waals surface area contributed by atoms with E-state index in [1.54, 1.807) is 78.0 Å². The number of hydrogen-bond donors (Lipinski definition) is 7. The number of imidazole rings is 1. The van der Waals surface area contributed by atoms with Gasteiger partial charge in [-0.2, -0.15) is 0 Å². The van der Waals surface area contributed by atoms with Crippen LogP contribution in [0.15, 0.2) is 109 Å². The van der Waals surface area contributed by atoms with Gasteiger partial charge in [0, 0.05) is 99.3 Å². The molecule has 11 amide bonds. The van der Waals surface area contributed by atoms with Crippen LogP contribution in [0.3, 0.4) is 0 Å². The molecule has 2 aliphatic heterocycles. The molecule has 4 aromatic carbocycles. The van der Waals surface area contributed by atoms with Gasteiger partial charge in [0.2, 0.25) is 11.8 Å². The molecule has 0 aliphatic carbocycles. The Morgan fingerprint density at radius 3 is 2.20 bits per heavy atom. The maximum absolute atomic E-state index is 14.5. The molecule has 90 heavy (non-hydrogen) atoms. The van der Waals surface area contributed by atoms with Crippen LogP contribution < -0.4 is 42.0 Å². The molecule has 0 bridgehead atoms. The Bertz CT molecular complexity index is 3710. The number of rotatable bonds is 26. The van der Waals surface area contributed by atoms with Crippen LogP contribution in [0.5, 0.6) is 11.5 Å². The number of aromatic nitrogens is 2. The van der Waals surface area contributed by atoms with E-state index in [0.29, 0.717) is 39.2 Å². The van der Waals surface area contributed by atoms with Crippen LogP contribution in [0.1, 0.15) is 70.1 Å². The zero-order valence-corrected chi connectivity index (χ0v) is 50.7. The summed E-state index contributed by atoms with van der Waals surface area (Å²) >= 11 is 6.60. The highest BCUT2D eigenvalue weighted by Crippen LogP contribution is 2.47. The van der Waals surface area contributed by atoms with E-state index in [0.717, 1.165) is 33.6 Å². The van der Waals surface area contributed by atoms with Crippen LogP contribution in [0.2, 0.25) is 0 Å². The van der Waals surface area contributed by atoms with Crippen molar-refractivity contribution < 1.29 is 72.0 Å². The molecule has 28 heteroatoms. The summed E-state index contributed by atoms with van der Waals surface area (Å²) in [5.41, 5.74) is 9.64. The van der Waals surface area contributed by atoms with Crippen LogP contribution in [0.4, 0.5) is 36.2 Å². The third-order valence-electron chi connectivity index (χ3n) is 14.8. The van der Waals surface area contributed by atoms with Crippen molar-refractivity contribution in [1.82, 2.24) is 40.0 Å². The number of phenols is 1. The van der Waals surface area contributed by atoms with Gasteiger partial charge < -0.3 is 75.5 Å². The summed E-state index contributed by atoms with van der Waals surface area (Å²) in [4.78, 5) is 139. The van der Waals surface area contributed by atoms with Crippen LogP contribution in [-0.2, 0) is 40.0 Å². The van der Waals surface area contributed by atoms with E-state index in [4.69, 9.17) is 36.3 Å². The number of aryl methyl sites for hydroxylation is 1. The van der Waals surface area contributed by atoms with Crippen molar-refractivity contribution in [3.05, 3.63) is 137 Å². The number of amides is 11. The predicted molar refractivity (Wildman–Crippen MR) is 330 cm³/mol. The van der Waals surface area contributed by atoms with Gasteiger partial charge in [-0.25, -0.2) is 24.2 Å². The molecule has 2 aromatic heterocycles. The number of fused-ring (bicyclic) bond motifs is 4. The number of carbonyl (C=O) groups excluding carboxylic acids is 10. The molecular formula is C62H69ClN12O15. The fraction of sp³-hybridized carbons (Fsp3) is 0.339. The first-order valence-corrected chi connectivity index (χ1v) is 29.2. The van der Waals surface area contributed by atoms with E-state index in [2.05, 4.69) is 31.6 Å². The smallest absolute Gasteiger partial charge is 0.415 e. The summed E-state index contributed by atoms with van der Waals surface area (Å²) in [6.45, 7) is 5.30. The molecule has 6 aromatic rings. The normalized spacial score (nSPS) is 14.0. The monoisotopic (exact) mass is 1260 g/mol. The number of imide groups is 1. The Kier molecular flexibility index (Phi) is 22.0. The van der Waals surface area contributed by atoms with Crippen molar-refractivity contribution in [1.29, 1.82) is 0 Å². The highest BCUT2D eigenvalue weighted by Gasteiger charge is 2.37. The molecule has 2 aliphatic rings. The molecule has 0 fully saturated rings. The van der Waals surface area contributed by atoms with E-state index < -0.39 is 77.8 Å². The second-order valence-corrected chi connectivity index (χ2v) is 21.9. The molecule has 27 nitrogen and oxygen atoms in total. The number of nitrogens with one attached hydrogen (secondary N) is 5. The van der Waals surface area contributed by atoms with E-state index in [1.807, 2.05) is 25.1 Å². The van der Waals surface area contributed by atoms with Crippen LogP contribution in [-0.4, -0.2) is 174 Å². The number of carbonyl (C=O) groups is 10. The number of likely N-dealkylation sites (N-methyl/N-ethyl adjacent to an activating group) is 2. The number of alkyl carbamates (subject to hydrolysis) is 1. The van der Waals surface area contributed by atoms with E-state index in [1.165, 1.54) is 48.2 Å². The Labute approximate surface area is 521 Å². The number of pyridine rings is 1. The summed E-state index contributed by atoms with van der Waals surface area (Å²) in [5, 5.41) is 24.2. The van der Waals surface area contributed by atoms with E-state index in [-0.39, 0.29) is 101 Å². The quantitative estimate of drug-likeness (QED) is 0.0186. The number of nitrogens with zero attached hydrogens (tertiary/aromatic N) is 6. The molecule has 0 unspecified atom stereocenters. The lowest BCUT2D eigenvalue weighted by molar-refractivity contribution is -0.137. The minimum atomic E-state index is -1.14. The second kappa shape index (κ2) is 30.1. The first kappa shape index (κ1) is 65.7. The third-order valence-corrected chi connectivity index (χ3v) is 15.1. The van der Waals surface area contributed by atoms with Crippen molar-refractivity contribution in [2.24, 2.45) is 11.7 Å². The molecule has 8 rings (SSSR count). The fourth-order valence-corrected chi connectivity index (χ4v) is 10.1. The van der Waals surface area contributed by atoms with Gasteiger partial charge in [0.1, 0.15) is 48.1 Å². The maximum Gasteiger partial charge on any atom is 0.415 e. The van der Waals surface area contributed by atoms with E-state index >= 15 is 0 Å². The number of benzene rings is 4. The largest absolute Gasteiger partial charge is 0.508 e. The van der Waals surface area contributed by atoms with Crippen LogP contribution in [0.25, 0.3) is 16.4 Å². The number of anilines is 3. The first-order chi connectivity index (χ1) is 43.1. The minimum Gasteiger partial charge on any atom is -0.508 e. The molecular weight excluding hydrogens is 1190 g/mol. The lowest BCUT2D eigenvalue weighted by atomic mass is 9.92. The summed E-state index contributed by atoms with van der Waals surface area (Å²) < 4.78 is 23.8. The van der Waals surface area contributed by atoms with Crippen LogP contribution in [0, 0.1) is 12.8 Å². The summed E-state index contributed by atoms with van der Waals surface area (Å²) in [5.74, 6) is -3.36. The number of hydrogen-bond acceptors (Lipinski definition) is 16. The van der Waals surface area contributed by atoms with Gasteiger partial charge in [0.25, 0.3) is 23.6 Å². The second-order valence-electron chi connectivity index (χ2n) is 21.6. The lowest BCUT2D eigenvalue weighted by Crippen LogP contribution is -2.54. The number of halogens is 1. The third kappa shape index (κ3) is 16.7. The molecule has 3 atom stereocenters. The van der Waals surface area contributed by atoms with Crippen molar-refractivity contribution in [3.63, 3.8) is 0 Å². The van der Waals surface area contributed by atoms with Gasteiger partial charge in [-0.3, -0.25) is 33.7 Å². The van der Waals surface area contributed by atoms with Crippen molar-refractivity contribution in [2.45, 2.75) is 58.2 Å². The van der Waals surface area contributed by atoms with Gasteiger partial charge >= 0.3 is 24.3 Å². The number of nitrogens with two attached hydrogens (primary N) is 1. The van der Waals surface area contributed by atoms with Gasteiger partial charge in [-0.1, -0.05) is 44.2 Å². The lowest BCUT2D eigenvalue weighted by Gasteiger charge is -2.25. The highest BCUT2D eigenvalue weighted by molar-refractivity contribution is 6.19. The number of ether oxygens (including phenoxy) is 4. The molecule has 0 saturated carbocycles. The fourth-order valence-electron chi connectivity index (χ4n) is 9.89. The Morgan fingerprint density at radius 1 is 0.811 bits per heavy atom. The standard InChI is InChI=1S/C62H69ClN12O15/c1-36(2)54(70-60(84)88-29-28-87-27-26-74-50(77)21-22-51(74)78)57(81)69-45(10-7-23-65-59(64)83)56(80)66-41-15-11-38(12-16-41)35-89-61(85)71(4)24-25-72(5)62(86)90-48-30-47-53(52-37(3)8-6-9-44(48)52)40(31-63)32-75(47)58(82)46-34-73-33-42(17-20-49(73)68-46)67-55(79)39-13-18-43(76)19-14-39/h6,8-9,11-22,30,33-34,36,40,45,54,76H,7,10,23-29,31-32,35H2,1-5H3,(H,66,80)(H,67,79)(H,69,81)(H,70,84)(H3,64,65,83)/t40-,45+,54+/m1/s1. The zero-order chi connectivity index (χ0) is 64.8. The van der Waals surface area contributed by atoms with Gasteiger partial charge in [-0.15, -0.1) is 11.6 Å². The predicted octanol–water partition coefficient (Wildman–Crippen LogP) is 6.00. The Morgan fingerprint density at radius 2 is 1.51 bits per heavy atom. The molecule has 8 N–H and O–H groups in total. The Hall–Kier alpha value is -10.3. The van der Waals surface area contributed by atoms with Crippen molar-refractivity contribution in [2.75, 3.05) is 88.1 Å². The molecule has 0 saturated heterocycles. The average Bonchev–Trinajstić information content (AvgIpc) is 1.59. The Balaban J connectivity index is 0.825. The number of primary amides is 1. The van der Waals surface area contributed by atoms with E-state index in [9.17, 15) is 53.1 Å². The van der Waals surface area contributed by atoms with Gasteiger partial charge in [0.15, 0.2) is 0 Å². The van der Waals surface area contributed by atoms with Crippen LogP contribution >= 0.6 is 11.6 Å². The SMILES string of the molecule is Cc1cccc2c(OC(=O)N(C)CCN(C)C(=O)OCc3ccc(NC(=O)[C@H](CCCNC(N)=O)NC(=O)[C@@H](NC(=O)OCCOCCN4C(=O)C=CC4=O)C(C)C)cc3)cc3c(c12)[C@H](CCl)CN3C(=O)c1cn2cc(NC(=O)c3ccc(O)cc3)ccc2n1. The molecule has 0 spiro atoms. The number of urea groups is 1. The minimum absolute atomic E-state index is 0.0149. The number of phenolic OH excluding ortho intramolecular Hbond substituents is 1. The first-order valence-electron chi connectivity index (χ1n) is 28.7. The molecule has 0 radical (unpaired) electrons. The number of aromatic hydroxyl groups is 1. The average molecular weight is 1260 g/mol. The van der Waals surface area contributed by atoms with Gasteiger partial charge in [-0.05, 0) is 96.3 Å². The molecule has 4 heterocycles. The maximum atomic E-state index is 14.5.